The highest BCUT2D eigenvalue weighted by Gasteiger charge is 2.25. The van der Waals surface area contributed by atoms with E-state index < -0.39 is 10.8 Å². The van der Waals surface area contributed by atoms with Crippen molar-refractivity contribution in [3.63, 3.8) is 0 Å². The molecule has 0 radical (unpaired) electrons. The molecule has 1 aliphatic carbocycles. The lowest BCUT2D eigenvalue weighted by molar-refractivity contribution is -0.384. The Kier molecular flexibility index (Phi) is 4.19. The van der Waals surface area contributed by atoms with E-state index in [1.807, 2.05) is 0 Å². The highest BCUT2D eigenvalue weighted by molar-refractivity contribution is 5.99. The van der Waals surface area contributed by atoms with Crippen LogP contribution in [0.15, 0.2) is 18.2 Å². The Morgan fingerprint density at radius 3 is 2.80 bits per heavy atom. The van der Waals surface area contributed by atoms with Crippen molar-refractivity contribution in [1.82, 2.24) is 0 Å². The Bertz CT molecular complexity index is 532. The van der Waals surface area contributed by atoms with Crippen LogP contribution in [0.4, 0.5) is 11.4 Å². The number of nitro groups is 1. The summed E-state index contributed by atoms with van der Waals surface area (Å²) in [6.07, 6.45) is 2.36. The molecule has 2 rings (SSSR count). The van der Waals surface area contributed by atoms with Crippen molar-refractivity contribution >= 4 is 17.3 Å². The van der Waals surface area contributed by atoms with Gasteiger partial charge in [0.15, 0.2) is 0 Å². The number of amides is 1. The number of carbonyl (C=O) groups is 1. The number of primary amides is 1. The smallest absolute Gasteiger partial charge is 0.270 e. The first-order chi connectivity index (χ1) is 9.49. The van der Waals surface area contributed by atoms with Crippen LogP contribution in [0.1, 0.15) is 29.6 Å². The second kappa shape index (κ2) is 5.87. The van der Waals surface area contributed by atoms with Gasteiger partial charge in [-0.2, -0.15) is 0 Å². The number of nitro benzene ring substituents is 1. The lowest BCUT2D eigenvalue weighted by Crippen LogP contribution is -2.23. The summed E-state index contributed by atoms with van der Waals surface area (Å²) in [6, 6.07) is 3.95. The fourth-order valence-electron chi connectivity index (χ4n) is 2.50. The van der Waals surface area contributed by atoms with E-state index in [0.717, 1.165) is 25.3 Å². The molecule has 1 fully saturated rings. The van der Waals surface area contributed by atoms with Crippen molar-refractivity contribution < 1.29 is 14.8 Å². The molecule has 0 saturated heterocycles. The number of nitrogens with zero attached hydrogens (tertiary/aromatic N) is 1. The van der Waals surface area contributed by atoms with Gasteiger partial charge in [0.25, 0.3) is 11.6 Å². The van der Waals surface area contributed by atoms with Crippen molar-refractivity contribution in [3.8, 4) is 0 Å². The van der Waals surface area contributed by atoms with Crippen molar-refractivity contribution in [2.24, 2.45) is 11.7 Å². The van der Waals surface area contributed by atoms with Crippen LogP contribution in [0.25, 0.3) is 0 Å². The fourth-order valence-corrected chi connectivity index (χ4v) is 2.50. The van der Waals surface area contributed by atoms with E-state index in [-0.39, 0.29) is 23.3 Å². The molecule has 0 heterocycles. The van der Waals surface area contributed by atoms with Crippen molar-refractivity contribution in [3.05, 3.63) is 33.9 Å². The number of rotatable bonds is 5. The van der Waals surface area contributed by atoms with Crippen LogP contribution in [0, 0.1) is 16.0 Å². The third-order valence-electron chi connectivity index (χ3n) is 3.65. The second-order valence-corrected chi connectivity index (χ2v) is 4.99. The topological polar surface area (TPSA) is 118 Å². The van der Waals surface area contributed by atoms with Gasteiger partial charge < -0.3 is 16.2 Å². The van der Waals surface area contributed by atoms with Gasteiger partial charge in [-0.1, -0.05) is 6.42 Å². The molecule has 2 atom stereocenters. The minimum absolute atomic E-state index is 0.0895. The van der Waals surface area contributed by atoms with Gasteiger partial charge in [-0.05, 0) is 18.9 Å². The van der Waals surface area contributed by atoms with E-state index in [1.54, 1.807) is 0 Å². The molecule has 0 aromatic heterocycles. The zero-order chi connectivity index (χ0) is 14.7. The molecule has 108 valence electrons. The fraction of sp³-hybridized carbons (Fsp3) is 0.462. The average molecular weight is 279 g/mol. The van der Waals surface area contributed by atoms with E-state index in [1.165, 1.54) is 12.1 Å². The molecule has 2 unspecified atom stereocenters. The Hall–Kier alpha value is -2.15. The molecule has 1 aliphatic rings. The van der Waals surface area contributed by atoms with Gasteiger partial charge in [0.1, 0.15) is 0 Å². The number of nitrogens with one attached hydrogen (secondary N) is 1. The van der Waals surface area contributed by atoms with Crippen LogP contribution in [-0.4, -0.2) is 28.6 Å². The molecule has 0 spiro atoms. The molecule has 4 N–H and O–H groups in total. The van der Waals surface area contributed by atoms with Crippen molar-refractivity contribution in [2.75, 3.05) is 11.9 Å². The quantitative estimate of drug-likeness (QED) is 0.554. The first-order valence-electron chi connectivity index (χ1n) is 6.49. The highest BCUT2D eigenvalue weighted by Crippen LogP contribution is 2.27. The molecule has 7 heteroatoms. The lowest BCUT2D eigenvalue weighted by atomic mass is 10.1. The van der Waals surface area contributed by atoms with E-state index in [0.29, 0.717) is 12.2 Å². The molecule has 1 saturated carbocycles. The van der Waals surface area contributed by atoms with E-state index in [4.69, 9.17) is 5.73 Å². The molecule has 20 heavy (non-hydrogen) atoms. The summed E-state index contributed by atoms with van der Waals surface area (Å²) in [5.74, 6) is -0.589. The number of hydrogen-bond acceptors (Lipinski definition) is 5. The van der Waals surface area contributed by atoms with Crippen molar-refractivity contribution in [2.45, 2.75) is 25.4 Å². The molecule has 1 amide bonds. The second-order valence-electron chi connectivity index (χ2n) is 4.99. The molecule has 7 nitrogen and oxygen atoms in total. The Balaban J connectivity index is 2.14. The largest absolute Gasteiger partial charge is 0.393 e. The van der Waals surface area contributed by atoms with E-state index in [2.05, 4.69) is 5.32 Å². The Labute approximate surface area is 115 Å². The Morgan fingerprint density at radius 2 is 2.25 bits per heavy atom. The predicted octanol–water partition coefficient (Wildman–Crippen LogP) is 1.27. The average Bonchev–Trinajstić information content (AvgIpc) is 2.81. The summed E-state index contributed by atoms with van der Waals surface area (Å²) in [5, 5.41) is 23.5. The number of carbonyl (C=O) groups excluding carboxylic acids is 1. The third kappa shape index (κ3) is 3.05. The monoisotopic (exact) mass is 279 g/mol. The number of nitrogens with two attached hydrogens (primary N) is 1. The maximum absolute atomic E-state index is 11.4. The van der Waals surface area contributed by atoms with Crippen LogP contribution in [0.3, 0.4) is 0 Å². The van der Waals surface area contributed by atoms with Gasteiger partial charge in [-0.25, -0.2) is 0 Å². The molecule has 0 aliphatic heterocycles. The summed E-state index contributed by atoms with van der Waals surface area (Å²) in [4.78, 5) is 21.5. The third-order valence-corrected chi connectivity index (χ3v) is 3.65. The first-order valence-corrected chi connectivity index (χ1v) is 6.49. The molecule has 1 aromatic rings. The summed E-state index contributed by atoms with van der Waals surface area (Å²) >= 11 is 0. The molecular formula is C13H17N3O4. The molecule has 1 aromatic carbocycles. The molecular weight excluding hydrogens is 262 g/mol. The standard InChI is InChI=1S/C13H17N3O4/c14-13(18)10-6-9(16(19)20)4-5-11(10)15-7-8-2-1-3-12(8)17/h4-6,8,12,15,17H,1-3,7H2,(H2,14,18). The summed E-state index contributed by atoms with van der Waals surface area (Å²) in [6.45, 7) is 0.513. The Morgan fingerprint density at radius 1 is 1.50 bits per heavy atom. The van der Waals surface area contributed by atoms with Crippen LogP contribution < -0.4 is 11.1 Å². The van der Waals surface area contributed by atoms with Crippen LogP contribution in [-0.2, 0) is 0 Å². The number of non-ortho nitro benzene ring substituents is 1. The van der Waals surface area contributed by atoms with Gasteiger partial charge >= 0.3 is 0 Å². The highest BCUT2D eigenvalue weighted by atomic mass is 16.6. The molecule has 0 bridgehead atoms. The van der Waals surface area contributed by atoms with Gasteiger partial charge in [-0.15, -0.1) is 0 Å². The maximum atomic E-state index is 11.4. The minimum atomic E-state index is -0.719. The predicted molar refractivity (Wildman–Crippen MR) is 73.5 cm³/mol. The maximum Gasteiger partial charge on any atom is 0.270 e. The number of hydrogen-bond donors (Lipinski definition) is 3. The first kappa shape index (κ1) is 14.3. The normalized spacial score (nSPS) is 21.6. The zero-order valence-electron chi connectivity index (χ0n) is 10.9. The summed E-state index contributed by atoms with van der Waals surface area (Å²) < 4.78 is 0. The van der Waals surface area contributed by atoms with Gasteiger partial charge in [0.05, 0.1) is 16.6 Å². The van der Waals surface area contributed by atoms with Gasteiger partial charge in [0, 0.05) is 30.3 Å². The zero-order valence-corrected chi connectivity index (χ0v) is 10.9. The van der Waals surface area contributed by atoms with Gasteiger partial charge in [0.2, 0.25) is 0 Å². The van der Waals surface area contributed by atoms with E-state index >= 15 is 0 Å². The summed E-state index contributed by atoms with van der Waals surface area (Å²) in [7, 11) is 0. The lowest BCUT2D eigenvalue weighted by Gasteiger charge is -2.17. The number of aliphatic hydroxyl groups is 1. The van der Waals surface area contributed by atoms with Gasteiger partial charge in [-0.3, -0.25) is 14.9 Å². The van der Waals surface area contributed by atoms with Crippen LogP contribution in [0.5, 0.6) is 0 Å². The number of benzene rings is 1. The SMILES string of the molecule is NC(=O)c1cc([N+](=O)[O-])ccc1NCC1CCCC1O. The number of aliphatic hydroxyl groups excluding tert-OH is 1. The minimum Gasteiger partial charge on any atom is -0.393 e. The van der Waals surface area contributed by atoms with Crippen LogP contribution >= 0.6 is 0 Å². The van der Waals surface area contributed by atoms with Crippen molar-refractivity contribution in [1.29, 1.82) is 0 Å². The van der Waals surface area contributed by atoms with Crippen LogP contribution in [0.2, 0.25) is 0 Å². The number of anilines is 1. The van der Waals surface area contributed by atoms with E-state index in [9.17, 15) is 20.0 Å². The summed E-state index contributed by atoms with van der Waals surface area (Å²) in [5.41, 5.74) is 5.62.